The molecule has 3 heterocycles. The first-order valence-electron chi connectivity index (χ1n) is 10.7. The van der Waals surface area contributed by atoms with Gasteiger partial charge in [-0.15, -0.1) is 0 Å². The molecule has 164 valence electrons. The van der Waals surface area contributed by atoms with Crippen LogP contribution in [0.5, 0.6) is 0 Å². The van der Waals surface area contributed by atoms with E-state index in [1.807, 2.05) is 60.7 Å². The number of benzene rings is 3. The van der Waals surface area contributed by atoms with Crippen LogP contribution in [0.4, 0.5) is 27.1 Å². The number of aromatic nitrogens is 3. The number of nitrogens with zero attached hydrogens (tertiary/aromatic N) is 3. The lowest BCUT2D eigenvalue weighted by molar-refractivity contribution is 0.620. The minimum absolute atomic E-state index is 0.306. The summed E-state index contributed by atoms with van der Waals surface area (Å²) < 4.78 is 19.9. The Morgan fingerprint density at radius 1 is 0.706 bits per heavy atom. The number of hydrogen-bond acceptors (Lipinski definition) is 6. The summed E-state index contributed by atoms with van der Waals surface area (Å²) in [5.41, 5.74) is 6.42. The van der Waals surface area contributed by atoms with E-state index in [0.717, 1.165) is 39.3 Å². The van der Waals surface area contributed by atoms with Crippen molar-refractivity contribution in [3.63, 3.8) is 0 Å². The lowest BCUT2D eigenvalue weighted by Gasteiger charge is -2.09. The zero-order valence-corrected chi connectivity index (χ0v) is 17.9. The number of halogens is 1. The first kappa shape index (κ1) is 19.9. The van der Waals surface area contributed by atoms with E-state index in [4.69, 9.17) is 4.42 Å². The number of pyridine rings is 2. The molecule has 7 heteroatoms. The van der Waals surface area contributed by atoms with Crippen molar-refractivity contribution in [2.45, 2.75) is 0 Å². The van der Waals surface area contributed by atoms with E-state index >= 15 is 0 Å². The van der Waals surface area contributed by atoms with Gasteiger partial charge in [0, 0.05) is 58.4 Å². The van der Waals surface area contributed by atoms with E-state index < -0.39 is 0 Å². The van der Waals surface area contributed by atoms with Gasteiger partial charge in [0.05, 0.1) is 5.52 Å². The van der Waals surface area contributed by atoms with Crippen molar-refractivity contribution in [1.29, 1.82) is 0 Å². The molecule has 6 aromatic rings. The zero-order chi connectivity index (χ0) is 22.9. The van der Waals surface area contributed by atoms with Crippen molar-refractivity contribution in [2.24, 2.45) is 0 Å². The largest absolute Gasteiger partial charge is 0.436 e. The summed E-state index contributed by atoms with van der Waals surface area (Å²) in [6.07, 6.45) is 5.17. The highest BCUT2D eigenvalue weighted by molar-refractivity contribution is 5.93. The first-order chi connectivity index (χ1) is 16.7. The van der Waals surface area contributed by atoms with Crippen LogP contribution in [0.25, 0.3) is 33.5 Å². The van der Waals surface area contributed by atoms with Crippen LogP contribution in [-0.4, -0.2) is 15.0 Å². The number of fused-ring (bicyclic) bond motifs is 2. The van der Waals surface area contributed by atoms with Crippen LogP contribution in [0.1, 0.15) is 0 Å². The Balaban J connectivity index is 1.30. The maximum absolute atomic E-state index is 13.8. The Bertz CT molecular complexity index is 1630. The summed E-state index contributed by atoms with van der Waals surface area (Å²) >= 11 is 0. The summed E-state index contributed by atoms with van der Waals surface area (Å²) in [6.45, 7) is 0. The highest BCUT2D eigenvalue weighted by Crippen LogP contribution is 2.31. The molecule has 6 rings (SSSR count). The first-order valence-corrected chi connectivity index (χ1v) is 10.7. The number of anilines is 4. The van der Waals surface area contributed by atoms with Crippen LogP contribution >= 0.6 is 0 Å². The smallest absolute Gasteiger partial charge is 0.227 e. The molecular weight excluding hydrogens is 429 g/mol. The van der Waals surface area contributed by atoms with Gasteiger partial charge < -0.3 is 15.1 Å². The molecule has 0 aliphatic rings. The fourth-order valence-electron chi connectivity index (χ4n) is 3.84. The maximum Gasteiger partial charge on any atom is 0.227 e. The van der Waals surface area contributed by atoms with Gasteiger partial charge in [-0.1, -0.05) is 6.07 Å². The fraction of sp³-hybridized carbons (Fsp3) is 0. The molecule has 2 N–H and O–H groups in total. The molecule has 34 heavy (non-hydrogen) atoms. The third-order valence-corrected chi connectivity index (χ3v) is 5.45. The third kappa shape index (κ3) is 3.91. The average molecular weight is 447 g/mol. The second kappa shape index (κ2) is 8.29. The van der Waals surface area contributed by atoms with Crippen molar-refractivity contribution in [1.82, 2.24) is 15.0 Å². The van der Waals surface area contributed by atoms with E-state index in [1.165, 1.54) is 12.1 Å². The summed E-state index contributed by atoms with van der Waals surface area (Å²) in [7, 11) is 0. The molecule has 0 atom stereocenters. The summed E-state index contributed by atoms with van der Waals surface area (Å²) in [4.78, 5) is 13.0. The van der Waals surface area contributed by atoms with Crippen molar-refractivity contribution in [2.75, 3.05) is 10.6 Å². The second-order valence-corrected chi connectivity index (χ2v) is 7.79. The minimum atomic E-state index is -0.306. The SMILES string of the molecule is Fc1ccc2nccc(Nc3ccc4nc(-c5cccc(Nc6ccncc6)c5)oc4c3)c2c1. The van der Waals surface area contributed by atoms with Crippen molar-refractivity contribution < 1.29 is 8.81 Å². The van der Waals surface area contributed by atoms with Crippen LogP contribution in [-0.2, 0) is 0 Å². The number of nitrogens with one attached hydrogen (secondary N) is 2. The van der Waals surface area contributed by atoms with Crippen LogP contribution in [0, 0.1) is 5.82 Å². The normalized spacial score (nSPS) is 11.1. The fourth-order valence-corrected chi connectivity index (χ4v) is 3.84. The topological polar surface area (TPSA) is 75.9 Å². The monoisotopic (exact) mass is 447 g/mol. The van der Waals surface area contributed by atoms with Gasteiger partial charge in [-0.25, -0.2) is 9.37 Å². The minimum Gasteiger partial charge on any atom is -0.436 e. The quantitative estimate of drug-likeness (QED) is 0.294. The molecule has 0 saturated carbocycles. The molecule has 6 nitrogen and oxygen atoms in total. The molecule has 0 unspecified atom stereocenters. The van der Waals surface area contributed by atoms with Gasteiger partial charge in [0.2, 0.25) is 5.89 Å². The van der Waals surface area contributed by atoms with E-state index in [0.29, 0.717) is 16.9 Å². The van der Waals surface area contributed by atoms with Gasteiger partial charge in [-0.3, -0.25) is 9.97 Å². The van der Waals surface area contributed by atoms with E-state index in [2.05, 4.69) is 25.6 Å². The van der Waals surface area contributed by atoms with Crippen LogP contribution in [0.15, 0.2) is 102 Å². The molecule has 3 aromatic carbocycles. The summed E-state index contributed by atoms with van der Waals surface area (Å²) in [6, 6.07) is 23.8. The lowest BCUT2D eigenvalue weighted by atomic mass is 10.1. The molecule has 0 bridgehead atoms. The lowest BCUT2D eigenvalue weighted by Crippen LogP contribution is -1.93. The number of rotatable bonds is 5. The van der Waals surface area contributed by atoms with Crippen molar-refractivity contribution in [3.8, 4) is 11.5 Å². The van der Waals surface area contributed by atoms with Gasteiger partial charge in [-0.05, 0) is 66.7 Å². The van der Waals surface area contributed by atoms with Gasteiger partial charge in [0.15, 0.2) is 5.58 Å². The number of oxazole rings is 1. The molecule has 0 radical (unpaired) electrons. The molecule has 3 aromatic heterocycles. The highest BCUT2D eigenvalue weighted by atomic mass is 19.1. The molecule has 0 saturated heterocycles. The molecule has 0 aliphatic carbocycles. The number of hydrogen-bond donors (Lipinski definition) is 2. The molecule has 0 amide bonds. The van der Waals surface area contributed by atoms with Gasteiger partial charge in [0.1, 0.15) is 11.3 Å². The Morgan fingerprint density at radius 2 is 1.56 bits per heavy atom. The molecular formula is C27H18FN5O. The Hall–Kier alpha value is -4.78. The van der Waals surface area contributed by atoms with E-state index in [-0.39, 0.29) is 5.82 Å². The Kier molecular flexibility index (Phi) is 4.85. The highest BCUT2D eigenvalue weighted by Gasteiger charge is 2.11. The predicted molar refractivity (Wildman–Crippen MR) is 132 cm³/mol. The van der Waals surface area contributed by atoms with Crippen LogP contribution in [0.3, 0.4) is 0 Å². The summed E-state index contributed by atoms with van der Waals surface area (Å²) in [5, 5.41) is 7.40. The third-order valence-electron chi connectivity index (χ3n) is 5.45. The van der Waals surface area contributed by atoms with Crippen LogP contribution in [0.2, 0.25) is 0 Å². The second-order valence-electron chi connectivity index (χ2n) is 7.79. The van der Waals surface area contributed by atoms with Gasteiger partial charge >= 0.3 is 0 Å². The van der Waals surface area contributed by atoms with Crippen molar-refractivity contribution >= 4 is 44.8 Å². The van der Waals surface area contributed by atoms with Gasteiger partial charge in [-0.2, -0.15) is 0 Å². The van der Waals surface area contributed by atoms with Crippen LogP contribution < -0.4 is 10.6 Å². The standard InChI is InChI=1S/C27H18FN5O/c28-18-4-6-23-22(15-18)24(10-13-30-23)32-21-5-7-25-26(16-21)34-27(33-25)17-2-1-3-20(14-17)31-19-8-11-29-12-9-19/h1-16H,(H,29,31)(H,30,32). The maximum atomic E-state index is 13.8. The zero-order valence-electron chi connectivity index (χ0n) is 17.9. The molecule has 0 aliphatic heterocycles. The predicted octanol–water partition coefficient (Wildman–Crippen LogP) is 7.06. The Labute approximate surface area is 194 Å². The summed E-state index contributed by atoms with van der Waals surface area (Å²) in [5.74, 6) is 0.224. The molecule has 0 spiro atoms. The van der Waals surface area contributed by atoms with Crippen molar-refractivity contribution in [3.05, 3.63) is 103 Å². The Morgan fingerprint density at radius 3 is 2.47 bits per heavy atom. The van der Waals surface area contributed by atoms with E-state index in [9.17, 15) is 4.39 Å². The van der Waals surface area contributed by atoms with E-state index in [1.54, 1.807) is 24.7 Å². The van der Waals surface area contributed by atoms with Gasteiger partial charge in [0.25, 0.3) is 0 Å². The average Bonchev–Trinajstić information content (AvgIpc) is 3.29. The molecule has 0 fully saturated rings.